The maximum Gasteiger partial charge on any atom is 0.305 e. The van der Waals surface area contributed by atoms with Crippen LogP contribution >= 0.6 is 0 Å². The highest BCUT2D eigenvalue weighted by Gasteiger charge is 2.42. The Bertz CT molecular complexity index is 247. The summed E-state index contributed by atoms with van der Waals surface area (Å²) >= 11 is 0. The van der Waals surface area contributed by atoms with Crippen molar-refractivity contribution in [3.8, 4) is 0 Å². The first kappa shape index (κ1) is 10.6. The summed E-state index contributed by atoms with van der Waals surface area (Å²) in [5.41, 5.74) is 0. The van der Waals surface area contributed by atoms with Crippen LogP contribution in [0, 0.1) is 11.8 Å². The minimum atomic E-state index is -0.912. The molecule has 0 aromatic heterocycles. The van der Waals surface area contributed by atoms with Crippen molar-refractivity contribution in [2.45, 2.75) is 44.2 Å². The van der Waals surface area contributed by atoms with E-state index in [9.17, 15) is 9.59 Å². The summed E-state index contributed by atoms with van der Waals surface area (Å²) in [7, 11) is 0. The Morgan fingerprint density at radius 2 is 1.87 bits per heavy atom. The molecule has 0 amide bonds. The molecule has 84 valence electrons. The molecular formula is C11H17NO3. The molecule has 0 heterocycles. The maximum absolute atomic E-state index is 10.7. The van der Waals surface area contributed by atoms with Gasteiger partial charge in [-0.05, 0) is 37.5 Å². The number of hydrogen-bond acceptors (Lipinski definition) is 3. The van der Waals surface area contributed by atoms with E-state index in [1.54, 1.807) is 0 Å². The molecule has 2 saturated carbocycles. The maximum atomic E-state index is 10.7. The number of carbonyl (C=O) groups excluding carboxylic acids is 1. The van der Waals surface area contributed by atoms with E-state index < -0.39 is 12.0 Å². The van der Waals surface area contributed by atoms with Crippen LogP contribution in [0.5, 0.6) is 0 Å². The average Bonchev–Trinajstić information content (AvgIpc) is 3.02. The molecule has 15 heavy (non-hydrogen) atoms. The second-order valence-electron chi connectivity index (χ2n) is 4.71. The number of carbonyl (C=O) groups is 2. The monoisotopic (exact) mass is 211 g/mol. The summed E-state index contributed by atoms with van der Waals surface area (Å²) in [6, 6.07) is -0.117. The van der Waals surface area contributed by atoms with Crippen molar-refractivity contribution in [2.24, 2.45) is 11.8 Å². The third-order valence-electron chi connectivity index (χ3n) is 3.23. The number of hydrogen-bond donors (Lipinski definition) is 2. The van der Waals surface area contributed by atoms with Gasteiger partial charge in [0.15, 0.2) is 0 Å². The smallest absolute Gasteiger partial charge is 0.305 e. The van der Waals surface area contributed by atoms with Crippen LogP contribution in [-0.2, 0) is 9.59 Å². The Kier molecular flexibility index (Phi) is 3.05. The van der Waals surface area contributed by atoms with E-state index in [4.69, 9.17) is 5.11 Å². The van der Waals surface area contributed by atoms with Crippen molar-refractivity contribution < 1.29 is 14.7 Å². The van der Waals surface area contributed by atoms with Crippen LogP contribution in [0.4, 0.5) is 0 Å². The van der Waals surface area contributed by atoms with Crippen LogP contribution < -0.4 is 5.32 Å². The van der Waals surface area contributed by atoms with Crippen LogP contribution in [0.2, 0.25) is 0 Å². The SMILES string of the molecule is O=CC(CC(=O)O)NC(C1CC1)C1CC1. The molecule has 4 heteroatoms. The van der Waals surface area contributed by atoms with Crippen molar-refractivity contribution >= 4 is 12.3 Å². The molecule has 1 unspecified atom stereocenters. The number of aliphatic carboxylic acids is 1. The third kappa shape index (κ3) is 3.02. The normalized spacial score (nSPS) is 22.7. The van der Waals surface area contributed by atoms with Gasteiger partial charge in [0, 0.05) is 6.04 Å². The molecule has 0 spiro atoms. The van der Waals surface area contributed by atoms with Crippen LogP contribution in [0.1, 0.15) is 32.1 Å². The van der Waals surface area contributed by atoms with E-state index in [2.05, 4.69) is 5.32 Å². The summed E-state index contributed by atoms with van der Waals surface area (Å²) in [6.45, 7) is 0. The van der Waals surface area contributed by atoms with E-state index in [0.717, 1.165) is 6.29 Å². The molecule has 0 radical (unpaired) electrons. The highest BCUT2D eigenvalue weighted by molar-refractivity contribution is 5.73. The number of carboxylic acid groups (broad SMARTS) is 1. The van der Waals surface area contributed by atoms with E-state index in [0.29, 0.717) is 17.9 Å². The van der Waals surface area contributed by atoms with Gasteiger partial charge in [0.05, 0.1) is 12.5 Å². The molecule has 1 atom stereocenters. The lowest BCUT2D eigenvalue weighted by Crippen LogP contribution is -2.43. The van der Waals surface area contributed by atoms with Gasteiger partial charge in [0.25, 0.3) is 0 Å². The van der Waals surface area contributed by atoms with Gasteiger partial charge in [-0.1, -0.05) is 0 Å². The first-order chi connectivity index (χ1) is 7.20. The zero-order chi connectivity index (χ0) is 10.8. The number of nitrogens with one attached hydrogen (secondary N) is 1. The summed E-state index contributed by atoms with van der Waals surface area (Å²) in [5, 5.41) is 11.8. The van der Waals surface area contributed by atoms with Crippen LogP contribution in [0.25, 0.3) is 0 Å². The second-order valence-corrected chi connectivity index (χ2v) is 4.71. The Labute approximate surface area is 89.0 Å². The Morgan fingerprint density at radius 3 is 2.20 bits per heavy atom. The number of rotatable bonds is 7. The Balaban J connectivity index is 1.85. The van der Waals surface area contributed by atoms with Crippen molar-refractivity contribution in [1.82, 2.24) is 5.32 Å². The molecule has 2 rings (SSSR count). The lowest BCUT2D eigenvalue weighted by Gasteiger charge is -2.21. The van der Waals surface area contributed by atoms with E-state index >= 15 is 0 Å². The largest absolute Gasteiger partial charge is 0.481 e. The Morgan fingerprint density at radius 1 is 1.33 bits per heavy atom. The highest BCUT2D eigenvalue weighted by atomic mass is 16.4. The predicted octanol–water partition coefficient (Wildman–Crippen LogP) is 0.807. The molecule has 0 aromatic rings. The zero-order valence-corrected chi connectivity index (χ0v) is 8.69. The van der Waals surface area contributed by atoms with Crippen LogP contribution in [0.15, 0.2) is 0 Å². The van der Waals surface area contributed by atoms with Crippen LogP contribution in [0.3, 0.4) is 0 Å². The van der Waals surface area contributed by atoms with Gasteiger partial charge >= 0.3 is 5.97 Å². The molecule has 0 aliphatic heterocycles. The fourth-order valence-electron chi connectivity index (χ4n) is 2.15. The van der Waals surface area contributed by atoms with Gasteiger partial charge in [-0.15, -0.1) is 0 Å². The molecule has 2 aliphatic carbocycles. The van der Waals surface area contributed by atoms with Gasteiger partial charge in [-0.25, -0.2) is 0 Å². The van der Waals surface area contributed by atoms with Crippen molar-refractivity contribution in [3.63, 3.8) is 0 Å². The standard InChI is InChI=1S/C11H17NO3/c13-6-9(5-10(14)15)12-11(7-1-2-7)8-3-4-8/h6-9,11-12H,1-5H2,(H,14,15). The number of aldehydes is 1. The van der Waals surface area contributed by atoms with Crippen molar-refractivity contribution in [2.75, 3.05) is 0 Å². The van der Waals surface area contributed by atoms with Gasteiger partial charge < -0.3 is 15.2 Å². The molecule has 2 N–H and O–H groups in total. The van der Waals surface area contributed by atoms with E-state index in [-0.39, 0.29) is 6.42 Å². The topological polar surface area (TPSA) is 66.4 Å². The van der Waals surface area contributed by atoms with E-state index in [1.165, 1.54) is 25.7 Å². The van der Waals surface area contributed by atoms with Gasteiger partial charge in [0.1, 0.15) is 6.29 Å². The lowest BCUT2D eigenvalue weighted by molar-refractivity contribution is -0.138. The predicted molar refractivity (Wildman–Crippen MR) is 54.5 cm³/mol. The molecular weight excluding hydrogens is 194 g/mol. The van der Waals surface area contributed by atoms with E-state index in [1.807, 2.05) is 0 Å². The van der Waals surface area contributed by atoms with Gasteiger partial charge in [0.2, 0.25) is 0 Å². The highest BCUT2D eigenvalue weighted by Crippen LogP contribution is 2.44. The first-order valence-corrected chi connectivity index (χ1v) is 5.64. The van der Waals surface area contributed by atoms with Crippen molar-refractivity contribution in [1.29, 1.82) is 0 Å². The summed E-state index contributed by atoms with van der Waals surface area (Å²) in [6.07, 6.45) is 5.55. The van der Waals surface area contributed by atoms with Gasteiger partial charge in [-0.3, -0.25) is 4.79 Å². The fraction of sp³-hybridized carbons (Fsp3) is 0.818. The molecule has 4 nitrogen and oxygen atoms in total. The van der Waals surface area contributed by atoms with Gasteiger partial charge in [-0.2, -0.15) is 0 Å². The van der Waals surface area contributed by atoms with Crippen LogP contribution in [-0.4, -0.2) is 29.4 Å². The first-order valence-electron chi connectivity index (χ1n) is 5.64. The Hall–Kier alpha value is -0.900. The van der Waals surface area contributed by atoms with Crippen molar-refractivity contribution in [3.05, 3.63) is 0 Å². The third-order valence-corrected chi connectivity index (χ3v) is 3.23. The molecule has 2 fully saturated rings. The average molecular weight is 211 g/mol. The molecule has 0 bridgehead atoms. The zero-order valence-electron chi connectivity index (χ0n) is 8.69. The lowest BCUT2D eigenvalue weighted by atomic mass is 10.1. The second kappa shape index (κ2) is 4.31. The minimum absolute atomic E-state index is 0.0978. The summed E-state index contributed by atoms with van der Waals surface area (Å²) in [4.78, 5) is 21.3. The molecule has 0 saturated heterocycles. The summed E-state index contributed by atoms with van der Waals surface area (Å²) < 4.78 is 0. The molecule has 0 aromatic carbocycles. The summed E-state index contributed by atoms with van der Waals surface area (Å²) in [5.74, 6) is 0.465. The fourth-order valence-corrected chi connectivity index (χ4v) is 2.15. The molecule has 2 aliphatic rings. The minimum Gasteiger partial charge on any atom is -0.481 e. The number of carboxylic acids is 1. The quantitative estimate of drug-likeness (QED) is 0.611.